The van der Waals surface area contributed by atoms with E-state index in [1.807, 2.05) is 25.1 Å². The highest BCUT2D eigenvalue weighted by atomic mass is 16.5. The van der Waals surface area contributed by atoms with Gasteiger partial charge in [0.1, 0.15) is 0 Å². The van der Waals surface area contributed by atoms with Gasteiger partial charge in [-0.2, -0.15) is 10.2 Å². The molecule has 0 aliphatic rings. The van der Waals surface area contributed by atoms with Crippen LogP contribution in [0.1, 0.15) is 29.9 Å². The summed E-state index contributed by atoms with van der Waals surface area (Å²) in [6.45, 7) is 3.98. The summed E-state index contributed by atoms with van der Waals surface area (Å²) < 4.78 is 11.8. The Labute approximate surface area is 174 Å². The Morgan fingerprint density at radius 1 is 1.10 bits per heavy atom. The molecule has 1 N–H and O–H groups in total. The smallest absolute Gasteiger partial charge is 0.292 e. The molecule has 0 aliphatic heterocycles. The van der Waals surface area contributed by atoms with Crippen molar-refractivity contribution < 1.29 is 14.3 Å². The average molecular weight is 408 g/mol. The SMILES string of the molecule is CCn1nc(C(=O)N/N=C(/C)Cc2ccc(OC)c(OC)c2)c2ccccc2c1=O. The molecule has 1 aromatic heterocycles. The second-order valence-corrected chi connectivity index (χ2v) is 6.67. The summed E-state index contributed by atoms with van der Waals surface area (Å²) in [4.78, 5) is 25.2. The number of hydrogen-bond donors (Lipinski definition) is 1. The van der Waals surface area contributed by atoms with Gasteiger partial charge in [0, 0.05) is 24.1 Å². The summed E-state index contributed by atoms with van der Waals surface area (Å²) in [7, 11) is 3.16. The van der Waals surface area contributed by atoms with Crippen molar-refractivity contribution >= 4 is 22.4 Å². The molecule has 8 nitrogen and oxygen atoms in total. The van der Waals surface area contributed by atoms with E-state index in [4.69, 9.17) is 9.47 Å². The molecule has 0 atom stereocenters. The predicted molar refractivity (Wildman–Crippen MR) is 116 cm³/mol. The monoisotopic (exact) mass is 408 g/mol. The fourth-order valence-electron chi connectivity index (χ4n) is 3.14. The minimum Gasteiger partial charge on any atom is -0.493 e. The fourth-order valence-corrected chi connectivity index (χ4v) is 3.14. The van der Waals surface area contributed by atoms with Crippen molar-refractivity contribution in [2.75, 3.05) is 14.2 Å². The molecule has 0 unspecified atom stereocenters. The van der Waals surface area contributed by atoms with Gasteiger partial charge in [0.05, 0.1) is 19.6 Å². The number of aromatic nitrogens is 2. The second kappa shape index (κ2) is 9.21. The maximum atomic E-state index is 12.7. The van der Waals surface area contributed by atoms with Gasteiger partial charge in [0.25, 0.3) is 11.5 Å². The predicted octanol–water partition coefficient (Wildman–Crippen LogP) is 2.78. The van der Waals surface area contributed by atoms with E-state index < -0.39 is 5.91 Å². The molecule has 156 valence electrons. The lowest BCUT2D eigenvalue weighted by atomic mass is 10.1. The van der Waals surface area contributed by atoms with Crippen molar-refractivity contribution in [2.45, 2.75) is 26.8 Å². The van der Waals surface area contributed by atoms with Crippen LogP contribution in [0.3, 0.4) is 0 Å². The summed E-state index contributed by atoms with van der Waals surface area (Å²) in [5, 5.41) is 9.36. The lowest BCUT2D eigenvalue weighted by molar-refractivity contribution is 0.0949. The number of nitrogens with one attached hydrogen (secondary N) is 1. The first-order valence-corrected chi connectivity index (χ1v) is 9.52. The molecule has 1 heterocycles. The normalized spacial score (nSPS) is 11.4. The molecule has 30 heavy (non-hydrogen) atoms. The van der Waals surface area contributed by atoms with Gasteiger partial charge in [0.15, 0.2) is 17.2 Å². The third-order valence-corrected chi connectivity index (χ3v) is 4.64. The number of hydrazone groups is 1. The Bertz CT molecular complexity index is 1170. The van der Waals surface area contributed by atoms with Crippen molar-refractivity contribution in [2.24, 2.45) is 5.10 Å². The first-order chi connectivity index (χ1) is 14.5. The van der Waals surface area contributed by atoms with Crippen LogP contribution < -0.4 is 20.5 Å². The van der Waals surface area contributed by atoms with E-state index in [-0.39, 0.29) is 11.3 Å². The molecule has 2 aromatic carbocycles. The number of benzene rings is 2. The molecule has 3 aromatic rings. The van der Waals surface area contributed by atoms with Crippen LogP contribution in [-0.2, 0) is 13.0 Å². The Balaban J connectivity index is 1.82. The number of aryl methyl sites for hydroxylation is 1. The van der Waals surface area contributed by atoms with Gasteiger partial charge in [-0.1, -0.05) is 24.3 Å². The lowest BCUT2D eigenvalue weighted by Crippen LogP contribution is -2.29. The topological polar surface area (TPSA) is 94.8 Å². The average Bonchev–Trinajstić information content (AvgIpc) is 2.77. The van der Waals surface area contributed by atoms with Crippen LogP contribution >= 0.6 is 0 Å². The second-order valence-electron chi connectivity index (χ2n) is 6.67. The summed E-state index contributed by atoms with van der Waals surface area (Å²) in [6.07, 6.45) is 0.517. The number of nitrogens with zero attached hydrogens (tertiary/aromatic N) is 3. The zero-order valence-corrected chi connectivity index (χ0v) is 17.4. The number of methoxy groups -OCH3 is 2. The van der Waals surface area contributed by atoms with Crippen molar-refractivity contribution in [1.29, 1.82) is 0 Å². The highest BCUT2D eigenvalue weighted by Crippen LogP contribution is 2.27. The molecular weight excluding hydrogens is 384 g/mol. The maximum absolute atomic E-state index is 12.7. The van der Waals surface area contributed by atoms with E-state index in [1.165, 1.54) is 4.68 Å². The van der Waals surface area contributed by atoms with Crippen LogP contribution in [-0.4, -0.2) is 35.6 Å². The third kappa shape index (κ3) is 4.32. The largest absolute Gasteiger partial charge is 0.493 e. The van der Waals surface area contributed by atoms with E-state index in [2.05, 4.69) is 15.6 Å². The Hall–Kier alpha value is -3.68. The van der Waals surface area contributed by atoms with E-state index >= 15 is 0 Å². The van der Waals surface area contributed by atoms with E-state index in [1.54, 1.807) is 45.4 Å². The van der Waals surface area contributed by atoms with Gasteiger partial charge in [0.2, 0.25) is 0 Å². The van der Waals surface area contributed by atoms with Crippen molar-refractivity contribution in [3.05, 3.63) is 64.1 Å². The third-order valence-electron chi connectivity index (χ3n) is 4.64. The lowest BCUT2D eigenvalue weighted by Gasteiger charge is -2.10. The Morgan fingerprint density at radius 2 is 1.80 bits per heavy atom. The number of amides is 1. The zero-order chi connectivity index (χ0) is 21.7. The minimum absolute atomic E-state index is 0.162. The van der Waals surface area contributed by atoms with E-state index in [0.29, 0.717) is 40.9 Å². The van der Waals surface area contributed by atoms with Gasteiger partial charge in [-0.3, -0.25) is 9.59 Å². The molecule has 0 aliphatic carbocycles. The standard InChI is InChI=1S/C22H24N4O4/c1-5-26-22(28)17-9-7-6-8-16(17)20(25-26)21(27)24-23-14(2)12-15-10-11-18(29-3)19(13-15)30-4/h6-11,13H,5,12H2,1-4H3,(H,24,27)/b23-14-. The molecule has 0 saturated heterocycles. The van der Waals surface area contributed by atoms with Crippen LogP contribution in [0.25, 0.3) is 10.8 Å². The number of carbonyl (C=O) groups excluding carboxylic acids is 1. The van der Waals surface area contributed by atoms with Crippen molar-refractivity contribution in [3.63, 3.8) is 0 Å². The quantitative estimate of drug-likeness (QED) is 0.479. The molecule has 0 radical (unpaired) electrons. The molecule has 0 bridgehead atoms. The van der Waals surface area contributed by atoms with Gasteiger partial charge >= 0.3 is 0 Å². The van der Waals surface area contributed by atoms with Crippen molar-refractivity contribution in [3.8, 4) is 11.5 Å². The van der Waals surface area contributed by atoms with Crippen LogP contribution in [0.5, 0.6) is 11.5 Å². The van der Waals surface area contributed by atoms with Crippen LogP contribution in [0.2, 0.25) is 0 Å². The highest BCUT2D eigenvalue weighted by Gasteiger charge is 2.16. The number of fused-ring (bicyclic) bond motifs is 1. The summed E-state index contributed by atoms with van der Waals surface area (Å²) >= 11 is 0. The first-order valence-electron chi connectivity index (χ1n) is 9.52. The number of carbonyl (C=O) groups is 1. The minimum atomic E-state index is -0.472. The van der Waals surface area contributed by atoms with Gasteiger partial charge in [-0.05, 0) is 37.6 Å². The number of rotatable bonds is 7. The maximum Gasteiger partial charge on any atom is 0.292 e. The van der Waals surface area contributed by atoms with Gasteiger partial charge in [-0.15, -0.1) is 0 Å². The molecular formula is C22H24N4O4. The Kier molecular flexibility index (Phi) is 6.46. The summed E-state index contributed by atoms with van der Waals surface area (Å²) in [5.41, 5.74) is 4.15. The van der Waals surface area contributed by atoms with Gasteiger partial charge in [-0.25, -0.2) is 10.1 Å². The van der Waals surface area contributed by atoms with Crippen LogP contribution in [0.4, 0.5) is 0 Å². The first kappa shape index (κ1) is 21.0. The molecule has 8 heteroatoms. The molecule has 1 amide bonds. The summed E-state index contributed by atoms with van der Waals surface area (Å²) in [5.74, 6) is 0.803. The molecule has 0 saturated carbocycles. The van der Waals surface area contributed by atoms with E-state index in [9.17, 15) is 9.59 Å². The fraction of sp³-hybridized carbons (Fsp3) is 0.273. The summed E-state index contributed by atoms with van der Waals surface area (Å²) in [6, 6.07) is 12.5. The highest BCUT2D eigenvalue weighted by molar-refractivity contribution is 6.05. The van der Waals surface area contributed by atoms with Gasteiger partial charge < -0.3 is 9.47 Å². The van der Waals surface area contributed by atoms with Crippen LogP contribution in [0, 0.1) is 0 Å². The number of ether oxygens (including phenoxy) is 2. The molecule has 3 rings (SSSR count). The Morgan fingerprint density at radius 3 is 2.47 bits per heavy atom. The zero-order valence-electron chi connectivity index (χ0n) is 17.4. The van der Waals surface area contributed by atoms with Crippen LogP contribution in [0.15, 0.2) is 52.4 Å². The molecule has 0 fully saturated rings. The van der Waals surface area contributed by atoms with Crippen molar-refractivity contribution in [1.82, 2.24) is 15.2 Å². The van der Waals surface area contributed by atoms with E-state index in [0.717, 1.165) is 5.56 Å². The molecule has 0 spiro atoms. The number of hydrogen-bond acceptors (Lipinski definition) is 6.